The minimum atomic E-state index is -1.05. The molecule has 0 aliphatic heterocycles. The number of carboxylic acids is 1. The van der Waals surface area contributed by atoms with Gasteiger partial charge in [-0.1, -0.05) is 0 Å². The number of ether oxygens (including phenoxy) is 1. The van der Waals surface area contributed by atoms with Crippen molar-refractivity contribution in [1.82, 2.24) is 9.97 Å². The van der Waals surface area contributed by atoms with Crippen LogP contribution in [0.3, 0.4) is 0 Å². The third-order valence-electron chi connectivity index (χ3n) is 2.22. The van der Waals surface area contributed by atoms with Crippen molar-refractivity contribution in [2.24, 2.45) is 0 Å². The van der Waals surface area contributed by atoms with E-state index in [9.17, 15) is 4.79 Å². The van der Waals surface area contributed by atoms with Crippen LogP contribution in [-0.4, -0.2) is 28.2 Å². The maximum absolute atomic E-state index is 10.6. The van der Waals surface area contributed by atoms with Crippen LogP contribution in [0.2, 0.25) is 0 Å². The zero-order valence-electron chi connectivity index (χ0n) is 9.62. The third-order valence-corrected chi connectivity index (χ3v) is 2.22. The van der Waals surface area contributed by atoms with Gasteiger partial charge >= 0.3 is 5.97 Å². The van der Waals surface area contributed by atoms with Gasteiger partial charge in [0.2, 0.25) is 5.88 Å². The molecule has 2 aromatic rings. The average molecular weight is 245 g/mol. The smallest absolute Gasteiger partial charge is 0.354 e. The number of aromatic nitrogens is 2. The van der Waals surface area contributed by atoms with E-state index in [1.54, 1.807) is 31.5 Å². The van der Waals surface area contributed by atoms with Crippen molar-refractivity contribution in [2.75, 3.05) is 12.4 Å². The second-order valence-electron chi connectivity index (χ2n) is 3.45. The lowest BCUT2D eigenvalue weighted by molar-refractivity contribution is 0.0690. The molecule has 0 saturated carbocycles. The fourth-order valence-electron chi connectivity index (χ4n) is 1.34. The van der Waals surface area contributed by atoms with Crippen molar-refractivity contribution in [2.45, 2.75) is 0 Å². The highest BCUT2D eigenvalue weighted by Gasteiger charge is 2.03. The van der Waals surface area contributed by atoms with E-state index in [1.165, 1.54) is 12.3 Å². The topological polar surface area (TPSA) is 84.3 Å². The van der Waals surface area contributed by atoms with Crippen LogP contribution < -0.4 is 10.1 Å². The van der Waals surface area contributed by atoms with Gasteiger partial charge in [0.05, 0.1) is 30.9 Å². The van der Waals surface area contributed by atoms with Crippen LogP contribution in [0, 0.1) is 0 Å². The molecule has 0 aliphatic rings. The minimum Gasteiger partial charge on any atom is -0.481 e. The summed E-state index contributed by atoms with van der Waals surface area (Å²) in [7, 11) is 1.55. The molecule has 6 nitrogen and oxygen atoms in total. The maximum Gasteiger partial charge on any atom is 0.354 e. The molecule has 0 radical (unpaired) electrons. The van der Waals surface area contributed by atoms with E-state index in [1.807, 2.05) is 0 Å². The lowest BCUT2D eigenvalue weighted by Gasteiger charge is -2.06. The first-order valence-electron chi connectivity index (χ1n) is 5.15. The first-order chi connectivity index (χ1) is 8.69. The Morgan fingerprint density at radius 2 is 1.83 bits per heavy atom. The molecule has 0 unspecified atom stereocenters. The SMILES string of the molecule is COc1ccc(Nc2ccc(C(=O)O)nc2)cn1. The Labute approximate surface area is 103 Å². The molecule has 0 aliphatic carbocycles. The Balaban J connectivity index is 2.10. The molecule has 2 aromatic heterocycles. The average Bonchev–Trinajstić information content (AvgIpc) is 2.40. The number of anilines is 2. The second kappa shape index (κ2) is 5.13. The van der Waals surface area contributed by atoms with Gasteiger partial charge in [-0.15, -0.1) is 0 Å². The van der Waals surface area contributed by atoms with Crippen LogP contribution >= 0.6 is 0 Å². The van der Waals surface area contributed by atoms with Gasteiger partial charge in [0.15, 0.2) is 0 Å². The van der Waals surface area contributed by atoms with E-state index in [4.69, 9.17) is 9.84 Å². The maximum atomic E-state index is 10.6. The van der Waals surface area contributed by atoms with Crippen LogP contribution in [0.25, 0.3) is 0 Å². The number of aromatic carboxylic acids is 1. The fraction of sp³-hybridized carbons (Fsp3) is 0.0833. The summed E-state index contributed by atoms with van der Waals surface area (Å²) in [4.78, 5) is 18.5. The van der Waals surface area contributed by atoms with E-state index in [0.717, 1.165) is 5.69 Å². The van der Waals surface area contributed by atoms with E-state index in [0.29, 0.717) is 11.6 Å². The summed E-state index contributed by atoms with van der Waals surface area (Å²) in [5.41, 5.74) is 1.46. The molecule has 92 valence electrons. The van der Waals surface area contributed by atoms with E-state index >= 15 is 0 Å². The van der Waals surface area contributed by atoms with E-state index in [-0.39, 0.29) is 5.69 Å². The summed E-state index contributed by atoms with van der Waals surface area (Å²) in [6, 6.07) is 6.60. The highest BCUT2D eigenvalue weighted by Crippen LogP contribution is 2.16. The number of hydrogen-bond acceptors (Lipinski definition) is 5. The molecule has 2 rings (SSSR count). The van der Waals surface area contributed by atoms with Gasteiger partial charge in [0.1, 0.15) is 5.69 Å². The monoisotopic (exact) mass is 245 g/mol. The molecule has 0 amide bonds. The molecular weight excluding hydrogens is 234 g/mol. The lowest BCUT2D eigenvalue weighted by Crippen LogP contribution is -2.00. The number of hydrogen-bond donors (Lipinski definition) is 2. The lowest BCUT2D eigenvalue weighted by atomic mass is 10.3. The van der Waals surface area contributed by atoms with Crippen molar-refractivity contribution in [3.8, 4) is 5.88 Å². The van der Waals surface area contributed by atoms with Gasteiger partial charge < -0.3 is 15.2 Å². The van der Waals surface area contributed by atoms with Crippen LogP contribution in [0.15, 0.2) is 36.7 Å². The van der Waals surface area contributed by atoms with Gasteiger partial charge in [-0.25, -0.2) is 14.8 Å². The Morgan fingerprint density at radius 3 is 2.28 bits per heavy atom. The van der Waals surface area contributed by atoms with Crippen LogP contribution in [0.5, 0.6) is 5.88 Å². The molecule has 0 saturated heterocycles. The third kappa shape index (κ3) is 2.73. The van der Waals surface area contributed by atoms with Gasteiger partial charge in [0.25, 0.3) is 0 Å². The Hall–Kier alpha value is -2.63. The quantitative estimate of drug-likeness (QED) is 0.856. The molecule has 2 heterocycles. The molecule has 6 heteroatoms. The Bertz CT molecular complexity index is 537. The van der Waals surface area contributed by atoms with Crippen molar-refractivity contribution >= 4 is 17.3 Å². The zero-order chi connectivity index (χ0) is 13.0. The molecule has 0 fully saturated rings. The summed E-state index contributed by atoms with van der Waals surface area (Å²) in [6.45, 7) is 0. The number of carbonyl (C=O) groups is 1. The number of pyridine rings is 2. The highest BCUT2D eigenvalue weighted by molar-refractivity contribution is 5.85. The van der Waals surface area contributed by atoms with Crippen molar-refractivity contribution in [1.29, 1.82) is 0 Å². The van der Waals surface area contributed by atoms with E-state index < -0.39 is 5.97 Å². The predicted octanol–water partition coefficient (Wildman–Crippen LogP) is 1.93. The van der Waals surface area contributed by atoms with Gasteiger partial charge in [-0.2, -0.15) is 0 Å². The molecule has 0 spiro atoms. The summed E-state index contributed by atoms with van der Waals surface area (Å²) in [6.07, 6.45) is 3.07. The van der Waals surface area contributed by atoms with Crippen LogP contribution in [-0.2, 0) is 0 Å². The van der Waals surface area contributed by atoms with Crippen molar-refractivity contribution in [3.05, 3.63) is 42.4 Å². The van der Waals surface area contributed by atoms with Crippen LogP contribution in [0.4, 0.5) is 11.4 Å². The first kappa shape index (κ1) is 11.8. The fourth-order valence-corrected chi connectivity index (χ4v) is 1.34. The summed E-state index contributed by atoms with van der Waals surface area (Å²) in [5, 5.41) is 11.8. The molecular formula is C12H11N3O3. The minimum absolute atomic E-state index is 0.00778. The zero-order valence-corrected chi connectivity index (χ0v) is 9.62. The Kier molecular flexibility index (Phi) is 3.38. The first-order valence-corrected chi connectivity index (χ1v) is 5.15. The second-order valence-corrected chi connectivity index (χ2v) is 3.45. The van der Waals surface area contributed by atoms with Gasteiger partial charge in [0, 0.05) is 6.07 Å². The molecule has 2 N–H and O–H groups in total. The van der Waals surface area contributed by atoms with Gasteiger partial charge in [-0.05, 0) is 18.2 Å². The van der Waals surface area contributed by atoms with Crippen LogP contribution in [0.1, 0.15) is 10.5 Å². The molecule has 0 atom stereocenters. The number of rotatable bonds is 4. The standard InChI is InChI=1S/C12H11N3O3/c1-18-11-5-3-9(7-14-11)15-8-2-4-10(12(16)17)13-6-8/h2-7,15H,1H3,(H,16,17). The number of nitrogens with zero attached hydrogens (tertiary/aromatic N) is 2. The van der Waals surface area contributed by atoms with Gasteiger partial charge in [-0.3, -0.25) is 0 Å². The summed E-state index contributed by atoms with van der Waals surface area (Å²) in [5.74, 6) is -0.521. The Morgan fingerprint density at radius 1 is 1.17 bits per heavy atom. The highest BCUT2D eigenvalue weighted by atomic mass is 16.5. The molecule has 18 heavy (non-hydrogen) atoms. The molecule has 0 aromatic carbocycles. The van der Waals surface area contributed by atoms with Crippen molar-refractivity contribution in [3.63, 3.8) is 0 Å². The predicted molar refractivity (Wildman–Crippen MR) is 65.3 cm³/mol. The summed E-state index contributed by atoms with van der Waals surface area (Å²) >= 11 is 0. The van der Waals surface area contributed by atoms with Crippen molar-refractivity contribution < 1.29 is 14.6 Å². The number of methoxy groups -OCH3 is 1. The van der Waals surface area contributed by atoms with E-state index in [2.05, 4.69) is 15.3 Å². The number of carboxylic acid groups (broad SMARTS) is 1. The number of nitrogens with one attached hydrogen (secondary N) is 1. The molecule has 0 bridgehead atoms. The normalized spacial score (nSPS) is 9.83. The largest absolute Gasteiger partial charge is 0.481 e. The summed E-state index contributed by atoms with van der Waals surface area (Å²) < 4.78 is 4.94.